The molecule has 8 heteroatoms. The SMILES string of the molecule is CC(=O)Nc1ccc(SC(C)C(=O)Nc2cccc(-c3nnco3)c2)cc1. The normalized spacial score (nSPS) is 11.6. The van der Waals surface area contributed by atoms with E-state index in [-0.39, 0.29) is 17.1 Å². The van der Waals surface area contributed by atoms with E-state index < -0.39 is 0 Å². The molecule has 27 heavy (non-hydrogen) atoms. The number of anilines is 2. The summed E-state index contributed by atoms with van der Waals surface area (Å²) in [7, 11) is 0. The van der Waals surface area contributed by atoms with E-state index in [0.29, 0.717) is 11.6 Å². The standard InChI is InChI=1S/C19H18N4O3S/c1-12(27-17-8-6-15(7-9-17)21-13(2)24)18(25)22-16-5-3-4-14(10-16)19-23-20-11-26-19/h3-12H,1-2H3,(H,21,24)(H,22,25). The molecule has 2 N–H and O–H groups in total. The summed E-state index contributed by atoms with van der Waals surface area (Å²) in [5.74, 6) is 0.160. The number of benzene rings is 2. The second-order valence-electron chi connectivity index (χ2n) is 5.78. The largest absolute Gasteiger partial charge is 0.423 e. The first-order valence-corrected chi connectivity index (χ1v) is 9.11. The smallest absolute Gasteiger partial charge is 0.247 e. The summed E-state index contributed by atoms with van der Waals surface area (Å²) in [5.41, 5.74) is 2.12. The van der Waals surface area contributed by atoms with Crippen LogP contribution in [-0.2, 0) is 9.59 Å². The van der Waals surface area contributed by atoms with Crippen LogP contribution in [-0.4, -0.2) is 27.3 Å². The van der Waals surface area contributed by atoms with Crippen LogP contribution in [0.1, 0.15) is 13.8 Å². The van der Waals surface area contributed by atoms with Crippen molar-refractivity contribution in [1.29, 1.82) is 0 Å². The molecule has 0 bridgehead atoms. The van der Waals surface area contributed by atoms with Gasteiger partial charge in [-0.15, -0.1) is 22.0 Å². The summed E-state index contributed by atoms with van der Waals surface area (Å²) in [6.45, 7) is 3.30. The van der Waals surface area contributed by atoms with E-state index >= 15 is 0 Å². The minimum Gasteiger partial charge on any atom is -0.423 e. The Morgan fingerprint density at radius 2 is 1.85 bits per heavy atom. The van der Waals surface area contributed by atoms with Crippen molar-refractivity contribution in [2.75, 3.05) is 10.6 Å². The summed E-state index contributed by atoms with van der Waals surface area (Å²) in [6, 6.07) is 14.6. The molecule has 1 atom stereocenters. The van der Waals surface area contributed by atoms with Gasteiger partial charge in [0.05, 0.1) is 5.25 Å². The van der Waals surface area contributed by atoms with Crippen molar-refractivity contribution in [2.45, 2.75) is 24.0 Å². The predicted molar refractivity (Wildman–Crippen MR) is 104 cm³/mol. The van der Waals surface area contributed by atoms with Gasteiger partial charge in [0.1, 0.15) is 0 Å². The minimum atomic E-state index is -0.302. The van der Waals surface area contributed by atoms with Crippen molar-refractivity contribution in [3.63, 3.8) is 0 Å². The van der Waals surface area contributed by atoms with Gasteiger partial charge in [-0.2, -0.15) is 0 Å². The maximum atomic E-state index is 12.5. The predicted octanol–water partition coefficient (Wildman–Crippen LogP) is 3.81. The molecular weight excluding hydrogens is 364 g/mol. The quantitative estimate of drug-likeness (QED) is 0.629. The lowest BCUT2D eigenvalue weighted by Gasteiger charge is -2.13. The molecule has 0 saturated carbocycles. The molecule has 0 aliphatic carbocycles. The third-order valence-electron chi connectivity index (χ3n) is 3.59. The Morgan fingerprint density at radius 1 is 1.07 bits per heavy atom. The molecule has 1 unspecified atom stereocenters. The summed E-state index contributed by atoms with van der Waals surface area (Å²) in [4.78, 5) is 24.5. The molecule has 1 heterocycles. The molecule has 3 rings (SSSR count). The average molecular weight is 382 g/mol. The number of amides is 2. The van der Waals surface area contributed by atoms with Crippen molar-refractivity contribution in [3.8, 4) is 11.5 Å². The van der Waals surface area contributed by atoms with Crippen LogP contribution in [0.3, 0.4) is 0 Å². The lowest BCUT2D eigenvalue weighted by Crippen LogP contribution is -2.22. The Bertz CT molecular complexity index is 926. The van der Waals surface area contributed by atoms with Crippen molar-refractivity contribution in [3.05, 3.63) is 54.9 Å². The molecule has 1 aromatic heterocycles. The third-order valence-corrected chi connectivity index (χ3v) is 4.71. The Labute approximate surface area is 160 Å². The van der Waals surface area contributed by atoms with Gasteiger partial charge in [-0.25, -0.2) is 0 Å². The summed E-state index contributed by atoms with van der Waals surface area (Å²) in [6.07, 6.45) is 1.26. The zero-order valence-corrected chi connectivity index (χ0v) is 15.6. The highest BCUT2D eigenvalue weighted by Gasteiger charge is 2.15. The van der Waals surface area contributed by atoms with E-state index in [0.717, 1.165) is 16.1 Å². The van der Waals surface area contributed by atoms with Gasteiger partial charge in [-0.05, 0) is 49.4 Å². The number of aromatic nitrogens is 2. The van der Waals surface area contributed by atoms with Gasteiger partial charge in [0.25, 0.3) is 0 Å². The third kappa shape index (κ3) is 5.18. The Kier molecular flexibility index (Phi) is 5.87. The van der Waals surface area contributed by atoms with Crippen LogP contribution in [0.15, 0.2) is 64.2 Å². The first-order chi connectivity index (χ1) is 13.0. The number of hydrogen-bond acceptors (Lipinski definition) is 6. The van der Waals surface area contributed by atoms with Crippen molar-refractivity contribution in [1.82, 2.24) is 10.2 Å². The molecule has 138 valence electrons. The second kappa shape index (κ2) is 8.50. The van der Waals surface area contributed by atoms with Gasteiger partial charge < -0.3 is 15.1 Å². The molecule has 3 aromatic rings. The maximum absolute atomic E-state index is 12.5. The van der Waals surface area contributed by atoms with Crippen LogP contribution >= 0.6 is 11.8 Å². The van der Waals surface area contributed by atoms with E-state index in [1.165, 1.54) is 25.1 Å². The average Bonchev–Trinajstić information content (AvgIpc) is 3.18. The molecule has 0 fully saturated rings. The summed E-state index contributed by atoms with van der Waals surface area (Å²) < 4.78 is 5.17. The van der Waals surface area contributed by atoms with Crippen molar-refractivity contribution in [2.24, 2.45) is 0 Å². The zero-order valence-electron chi connectivity index (χ0n) is 14.8. The van der Waals surface area contributed by atoms with Crippen LogP contribution < -0.4 is 10.6 Å². The fourth-order valence-corrected chi connectivity index (χ4v) is 3.22. The highest BCUT2D eigenvalue weighted by Crippen LogP contribution is 2.26. The fraction of sp³-hybridized carbons (Fsp3) is 0.158. The Morgan fingerprint density at radius 3 is 2.52 bits per heavy atom. The number of carbonyl (C=O) groups is 2. The lowest BCUT2D eigenvalue weighted by molar-refractivity contribution is -0.115. The van der Waals surface area contributed by atoms with Crippen LogP contribution in [0.25, 0.3) is 11.5 Å². The summed E-state index contributed by atoms with van der Waals surface area (Å²) >= 11 is 1.43. The van der Waals surface area contributed by atoms with E-state index in [9.17, 15) is 9.59 Å². The number of carbonyl (C=O) groups excluding carboxylic acids is 2. The number of nitrogens with one attached hydrogen (secondary N) is 2. The van der Waals surface area contributed by atoms with Gasteiger partial charge in [0.2, 0.25) is 24.1 Å². The van der Waals surface area contributed by atoms with Crippen LogP contribution in [0.2, 0.25) is 0 Å². The van der Waals surface area contributed by atoms with Crippen LogP contribution in [0.4, 0.5) is 11.4 Å². The molecule has 2 amide bonds. The summed E-state index contributed by atoms with van der Waals surface area (Å²) in [5, 5.41) is 12.8. The van der Waals surface area contributed by atoms with E-state index in [4.69, 9.17) is 4.42 Å². The number of nitrogens with zero attached hydrogens (tertiary/aromatic N) is 2. The van der Waals surface area contributed by atoms with Gasteiger partial charge >= 0.3 is 0 Å². The number of hydrogen-bond donors (Lipinski definition) is 2. The lowest BCUT2D eigenvalue weighted by atomic mass is 10.2. The van der Waals surface area contributed by atoms with E-state index in [1.54, 1.807) is 12.1 Å². The van der Waals surface area contributed by atoms with Crippen molar-refractivity contribution < 1.29 is 14.0 Å². The highest BCUT2D eigenvalue weighted by molar-refractivity contribution is 8.00. The molecule has 2 aromatic carbocycles. The maximum Gasteiger partial charge on any atom is 0.247 e. The molecule has 0 saturated heterocycles. The zero-order chi connectivity index (χ0) is 19.2. The van der Waals surface area contributed by atoms with E-state index in [2.05, 4.69) is 20.8 Å². The van der Waals surface area contributed by atoms with Gasteiger partial charge in [-0.3, -0.25) is 9.59 Å². The minimum absolute atomic E-state index is 0.117. The first-order valence-electron chi connectivity index (χ1n) is 8.23. The number of rotatable bonds is 6. The molecule has 0 aliphatic rings. The van der Waals surface area contributed by atoms with E-state index in [1.807, 2.05) is 43.3 Å². The molecule has 0 spiro atoms. The molecule has 7 nitrogen and oxygen atoms in total. The molecule has 0 radical (unpaired) electrons. The molecular formula is C19H18N4O3S. The van der Waals surface area contributed by atoms with Gasteiger partial charge in [0, 0.05) is 28.8 Å². The van der Waals surface area contributed by atoms with Crippen molar-refractivity contribution >= 4 is 35.0 Å². The van der Waals surface area contributed by atoms with Gasteiger partial charge in [-0.1, -0.05) is 6.07 Å². The highest BCUT2D eigenvalue weighted by atomic mass is 32.2. The van der Waals surface area contributed by atoms with Crippen LogP contribution in [0, 0.1) is 0 Å². The fourth-order valence-electron chi connectivity index (χ4n) is 2.35. The first kappa shape index (κ1) is 18.7. The Balaban J connectivity index is 1.61. The van der Waals surface area contributed by atoms with Crippen LogP contribution in [0.5, 0.6) is 0 Å². The Hall–Kier alpha value is -3.13. The second-order valence-corrected chi connectivity index (χ2v) is 7.19. The topological polar surface area (TPSA) is 97.1 Å². The number of thioether (sulfide) groups is 1. The molecule has 0 aliphatic heterocycles. The van der Waals surface area contributed by atoms with Gasteiger partial charge in [0.15, 0.2) is 0 Å². The monoisotopic (exact) mass is 382 g/mol.